The van der Waals surface area contributed by atoms with Crippen molar-refractivity contribution < 1.29 is 19.5 Å². The number of nitrogens with one attached hydrogen (secondary N) is 2. The quantitative estimate of drug-likeness (QED) is 0.691. The third-order valence-electron chi connectivity index (χ3n) is 3.13. The molecule has 1 heterocycles. The van der Waals surface area contributed by atoms with E-state index in [1.165, 1.54) is 0 Å². The van der Waals surface area contributed by atoms with E-state index in [9.17, 15) is 19.5 Å². The van der Waals surface area contributed by atoms with Crippen LogP contribution in [0.2, 0.25) is 0 Å². The predicted molar refractivity (Wildman–Crippen MR) is 66.8 cm³/mol. The van der Waals surface area contributed by atoms with Crippen molar-refractivity contribution in [2.45, 2.75) is 52.0 Å². The van der Waals surface area contributed by atoms with Crippen LogP contribution in [0.4, 0.5) is 0 Å². The van der Waals surface area contributed by atoms with E-state index in [2.05, 4.69) is 10.6 Å². The zero-order valence-electron chi connectivity index (χ0n) is 11.5. The summed E-state index contributed by atoms with van der Waals surface area (Å²) in [5.74, 6) is -1.64. The van der Waals surface area contributed by atoms with Gasteiger partial charge in [0, 0.05) is 18.9 Å². The SMILES string of the molecule is CC(C)(CC(=O)[O-])CC(=O)N[C@H]1CCCCNC1=O. The molecule has 1 aliphatic rings. The molecule has 0 aliphatic carbocycles. The molecule has 2 N–H and O–H groups in total. The van der Waals surface area contributed by atoms with Gasteiger partial charge in [0.1, 0.15) is 6.04 Å². The van der Waals surface area contributed by atoms with E-state index >= 15 is 0 Å². The molecule has 0 spiro atoms. The van der Waals surface area contributed by atoms with Gasteiger partial charge in [0.2, 0.25) is 11.8 Å². The summed E-state index contributed by atoms with van der Waals surface area (Å²) >= 11 is 0. The maximum atomic E-state index is 11.9. The Hall–Kier alpha value is -1.59. The molecule has 6 nitrogen and oxygen atoms in total. The molecule has 6 heteroatoms. The number of hydrogen-bond acceptors (Lipinski definition) is 4. The summed E-state index contributed by atoms with van der Waals surface area (Å²) in [6.07, 6.45) is 2.29. The molecule has 1 aliphatic heterocycles. The Kier molecular flexibility index (Phi) is 5.32. The van der Waals surface area contributed by atoms with Crippen LogP contribution in [0, 0.1) is 5.41 Å². The lowest BCUT2D eigenvalue weighted by atomic mass is 9.85. The Balaban J connectivity index is 2.49. The van der Waals surface area contributed by atoms with Gasteiger partial charge in [0.15, 0.2) is 0 Å². The van der Waals surface area contributed by atoms with Crippen molar-refractivity contribution in [3.8, 4) is 0 Å². The molecule has 1 saturated heterocycles. The summed E-state index contributed by atoms with van der Waals surface area (Å²) in [5.41, 5.74) is -0.676. The van der Waals surface area contributed by atoms with Gasteiger partial charge in [-0.05, 0) is 31.1 Å². The average Bonchev–Trinajstić information content (AvgIpc) is 2.41. The summed E-state index contributed by atoms with van der Waals surface area (Å²) in [6, 6.07) is -0.506. The monoisotopic (exact) mass is 269 g/mol. The molecule has 108 valence electrons. The van der Waals surface area contributed by atoms with Gasteiger partial charge in [-0.3, -0.25) is 9.59 Å². The lowest BCUT2D eigenvalue weighted by Gasteiger charge is -2.25. The molecule has 1 atom stereocenters. The van der Waals surface area contributed by atoms with Crippen LogP contribution in [0.25, 0.3) is 0 Å². The van der Waals surface area contributed by atoms with Crippen molar-refractivity contribution in [3.05, 3.63) is 0 Å². The van der Waals surface area contributed by atoms with E-state index in [0.29, 0.717) is 13.0 Å². The lowest BCUT2D eigenvalue weighted by Crippen LogP contribution is -2.46. The molecule has 0 aromatic rings. The summed E-state index contributed by atoms with van der Waals surface area (Å²) < 4.78 is 0. The van der Waals surface area contributed by atoms with E-state index in [1.54, 1.807) is 13.8 Å². The van der Waals surface area contributed by atoms with E-state index < -0.39 is 17.4 Å². The Morgan fingerprint density at radius 2 is 2.05 bits per heavy atom. The highest BCUT2D eigenvalue weighted by Gasteiger charge is 2.26. The molecular weight excluding hydrogens is 248 g/mol. The topological polar surface area (TPSA) is 98.3 Å². The maximum Gasteiger partial charge on any atom is 0.242 e. The number of rotatable bonds is 5. The lowest BCUT2D eigenvalue weighted by molar-refractivity contribution is -0.307. The van der Waals surface area contributed by atoms with Gasteiger partial charge < -0.3 is 20.5 Å². The molecule has 0 aromatic carbocycles. The van der Waals surface area contributed by atoms with Gasteiger partial charge in [0.05, 0.1) is 0 Å². The number of aliphatic carboxylic acids is 1. The van der Waals surface area contributed by atoms with Crippen LogP contribution in [-0.4, -0.2) is 30.4 Å². The van der Waals surface area contributed by atoms with Crippen molar-refractivity contribution in [3.63, 3.8) is 0 Å². The van der Waals surface area contributed by atoms with Crippen molar-refractivity contribution in [2.75, 3.05) is 6.54 Å². The van der Waals surface area contributed by atoms with Crippen molar-refractivity contribution >= 4 is 17.8 Å². The van der Waals surface area contributed by atoms with E-state index in [0.717, 1.165) is 12.8 Å². The highest BCUT2D eigenvalue weighted by atomic mass is 16.4. The zero-order chi connectivity index (χ0) is 14.5. The summed E-state index contributed by atoms with van der Waals surface area (Å²) in [6.45, 7) is 4.02. The van der Waals surface area contributed by atoms with Crippen LogP contribution in [0.1, 0.15) is 46.0 Å². The summed E-state index contributed by atoms with van der Waals surface area (Å²) in [4.78, 5) is 34.1. The molecule has 1 rings (SSSR count). The summed E-state index contributed by atoms with van der Waals surface area (Å²) in [7, 11) is 0. The second-order valence-electron chi connectivity index (χ2n) is 5.80. The second-order valence-corrected chi connectivity index (χ2v) is 5.80. The first-order valence-corrected chi connectivity index (χ1v) is 6.57. The minimum absolute atomic E-state index is 0.0603. The van der Waals surface area contributed by atoms with Crippen LogP contribution in [0.3, 0.4) is 0 Å². The standard InChI is InChI=1S/C13H22N2O4/c1-13(2,8-11(17)18)7-10(16)15-9-5-3-4-6-14-12(9)19/h9H,3-8H2,1-2H3,(H,14,19)(H,15,16)(H,17,18)/p-1/t9-/m0/s1. The Bertz CT molecular complexity index is 366. The van der Waals surface area contributed by atoms with E-state index in [-0.39, 0.29) is 24.7 Å². The van der Waals surface area contributed by atoms with Crippen LogP contribution >= 0.6 is 0 Å². The molecule has 2 amide bonds. The first-order valence-electron chi connectivity index (χ1n) is 6.57. The van der Waals surface area contributed by atoms with E-state index in [1.807, 2.05) is 0 Å². The second kappa shape index (κ2) is 6.54. The van der Waals surface area contributed by atoms with Crippen molar-refractivity contribution in [2.24, 2.45) is 5.41 Å². The average molecular weight is 269 g/mol. The zero-order valence-corrected chi connectivity index (χ0v) is 11.5. The molecule has 1 fully saturated rings. The maximum absolute atomic E-state index is 11.9. The highest BCUT2D eigenvalue weighted by Crippen LogP contribution is 2.24. The van der Waals surface area contributed by atoms with Gasteiger partial charge in [-0.25, -0.2) is 0 Å². The van der Waals surface area contributed by atoms with Crippen molar-refractivity contribution in [1.82, 2.24) is 10.6 Å². The molecule has 0 saturated carbocycles. The fourth-order valence-electron chi connectivity index (χ4n) is 2.21. The minimum Gasteiger partial charge on any atom is -0.550 e. The van der Waals surface area contributed by atoms with Crippen LogP contribution in [0.5, 0.6) is 0 Å². The fourth-order valence-corrected chi connectivity index (χ4v) is 2.21. The molecule has 0 unspecified atom stereocenters. The van der Waals surface area contributed by atoms with Gasteiger partial charge in [-0.2, -0.15) is 0 Å². The van der Waals surface area contributed by atoms with Gasteiger partial charge in [-0.1, -0.05) is 13.8 Å². The van der Waals surface area contributed by atoms with Crippen LogP contribution in [-0.2, 0) is 14.4 Å². The number of carbonyl (C=O) groups is 3. The van der Waals surface area contributed by atoms with Crippen LogP contribution < -0.4 is 15.7 Å². The fraction of sp³-hybridized carbons (Fsp3) is 0.769. The Labute approximate surface area is 112 Å². The minimum atomic E-state index is -1.18. The molecular formula is C13H21N2O4-. The normalized spacial score (nSPS) is 20.3. The van der Waals surface area contributed by atoms with Gasteiger partial charge >= 0.3 is 0 Å². The Morgan fingerprint density at radius 3 is 2.68 bits per heavy atom. The molecule has 0 aromatic heterocycles. The predicted octanol–water partition coefficient (Wildman–Crippen LogP) is -0.672. The van der Waals surface area contributed by atoms with Crippen molar-refractivity contribution in [1.29, 1.82) is 0 Å². The number of carboxylic acids is 1. The third-order valence-corrected chi connectivity index (χ3v) is 3.13. The first-order chi connectivity index (χ1) is 8.80. The van der Waals surface area contributed by atoms with E-state index in [4.69, 9.17) is 0 Å². The number of carbonyl (C=O) groups excluding carboxylic acids is 3. The van der Waals surface area contributed by atoms with Gasteiger partial charge in [-0.15, -0.1) is 0 Å². The first kappa shape index (κ1) is 15.5. The molecule has 19 heavy (non-hydrogen) atoms. The number of amides is 2. The van der Waals surface area contributed by atoms with Crippen LogP contribution in [0.15, 0.2) is 0 Å². The highest BCUT2D eigenvalue weighted by molar-refractivity contribution is 5.88. The van der Waals surface area contributed by atoms with Gasteiger partial charge in [0.25, 0.3) is 0 Å². The summed E-state index contributed by atoms with van der Waals surface area (Å²) in [5, 5.41) is 16.0. The molecule has 0 bridgehead atoms. The number of carboxylic acid groups (broad SMARTS) is 1. The number of hydrogen-bond donors (Lipinski definition) is 2. The third kappa shape index (κ3) is 5.72. The largest absolute Gasteiger partial charge is 0.550 e. The Morgan fingerprint density at radius 1 is 1.37 bits per heavy atom. The smallest absolute Gasteiger partial charge is 0.242 e. The molecule has 0 radical (unpaired) electrons.